The molecule has 5 nitrogen and oxygen atoms in total. The van der Waals surface area contributed by atoms with Gasteiger partial charge in [0.2, 0.25) is 0 Å². The van der Waals surface area contributed by atoms with Gasteiger partial charge in [-0.05, 0) is 45.0 Å². The second-order valence-corrected chi connectivity index (χ2v) is 8.34. The first kappa shape index (κ1) is 16.5. The Kier molecular flexibility index (Phi) is 4.87. The minimum absolute atomic E-state index is 0.0305. The summed E-state index contributed by atoms with van der Waals surface area (Å²) in [5.41, 5.74) is 0.569. The molecule has 1 aromatic carbocycles. The maximum atomic E-state index is 12.4. The lowest BCUT2D eigenvalue weighted by atomic mass is 10.1. The third-order valence-corrected chi connectivity index (χ3v) is 5.67. The van der Waals surface area contributed by atoms with E-state index in [0.717, 1.165) is 4.88 Å². The average molecular weight is 338 g/mol. The normalized spacial score (nSPS) is 11.5. The summed E-state index contributed by atoms with van der Waals surface area (Å²) in [6.07, 6.45) is 0. The van der Waals surface area contributed by atoms with Crippen molar-refractivity contribution in [3.8, 4) is 0 Å². The smallest absolute Gasteiger partial charge is 0.271 e. The van der Waals surface area contributed by atoms with Gasteiger partial charge in [0, 0.05) is 10.9 Å². The zero-order valence-electron chi connectivity index (χ0n) is 12.6. The van der Waals surface area contributed by atoms with E-state index in [0.29, 0.717) is 5.56 Å². The molecule has 2 N–H and O–H groups in total. The monoisotopic (exact) mass is 338 g/mol. The fraction of sp³-hybridized carbons (Fsp3) is 0.267. The van der Waals surface area contributed by atoms with Crippen LogP contribution in [0.3, 0.4) is 0 Å². The highest BCUT2D eigenvalue weighted by molar-refractivity contribution is 7.94. The van der Waals surface area contributed by atoms with Crippen LogP contribution in [0.2, 0.25) is 0 Å². The molecule has 0 radical (unpaired) electrons. The molecule has 0 unspecified atom stereocenters. The highest BCUT2D eigenvalue weighted by Crippen LogP contribution is 2.25. The van der Waals surface area contributed by atoms with E-state index in [-0.39, 0.29) is 21.8 Å². The molecule has 0 spiro atoms. The number of hydrogen-bond acceptors (Lipinski definition) is 4. The average Bonchev–Trinajstić information content (AvgIpc) is 2.85. The summed E-state index contributed by atoms with van der Waals surface area (Å²) in [7, 11) is -3.69. The van der Waals surface area contributed by atoms with Crippen molar-refractivity contribution in [2.24, 2.45) is 0 Å². The molecular formula is C15H18N2O3S2. The van der Waals surface area contributed by atoms with Crippen molar-refractivity contribution in [3.05, 3.63) is 46.8 Å². The second-order valence-electron chi connectivity index (χ2n) is 5.14. The molecule has 1 heterocycles. The predicted molar refractivity (Wildman–Crippen MR) is 88.9 cm³/mol. The quantitative estimate of drug-likeness (QED) is 0.880. The summed E-state index contributed by atoms with van der Waals surface area (Å²) in [4.78, 5) is 13.1. The Balaban J connectivity index is 2.32. The number of carbonyl (C=O) groups is 1. The van der Waals surface area contributed by atoms with Crippen LogP contribution >= 0.6 is 11.3 Å². The van der Waals surface area contributed by atoms with Crippen LogP contribution in [0, 0.1) is 6.92 Å². The fourth-order valence-corrected chi connectivity index (χ4v) is 4.22. The van der Waals surface area contributed by atoms with Gasteiger partial charge in [-0.25, -0.2) is 8.42 Å². The Bertz CT molecular complexity index is 780. The van der Waals surface area contributed by atoms with Crippen molar-refractivity contribution in [2.45, 2.75) is 31.0 Å². The molecule has 0 saturated heterocycles. The molecule has 1 aromatic heterocycles. The molecule has 0 fully saturated rings. The summed E-state index contributed by atoms with van der Waals surface area (Å²) >= 11 is 1.19. The standard InChI is InChI=1S/C15H18N2O3S2/c1-10(2)16-15(18)12-6-4-5-7-13(12)17-22(19,20)14-9-8-11(3)21-14/h4-10,17H,1-3H3,(H,16,18). The Morgan fingerprint density at radius 2 is 1.82 bits per heavy atom. The number of rotatable bonds is 5. The molecule has 0 aliphatic rings. The van der Waals surface area contributed by atoms with Crippen molar-refractivity contribution < 1.29 is 13.2 Å². The summed E-state index contributed by atoms with van der Waals surface area (Å²) in [6.45, 7) is 5.53. The van der Waals surface area contributed by atoms with Crippen LogP contribution in [0.25, 0.3) is 0 Å². The lowest BCUT2D eigenvalue weighted by Crippen LogP contribution is -2.31. The van der Waals surface area contributed by atoms with Gasteiger partial charge in [0.15, 0.2) is 0 Å². The number of amides is 1. The Morgan fingerprint density at radius 1 is 1.14 bits per heavy atom. The summed E-state index contributed by atoms with van der Waals surface area (Å²) in [5, 5.41) is 2.76. The van der Waals surface area contributed by atoms with Gasteiger partial charge < -0.3 is 5.32 Å². The number of anilines is 1. The maximum Gasteiger partial charge on any atom is 0.271 e. The maximum absolute atomic E-state index is 12.4. The van der Waals surface area contributed by atoms with E-state index in [1.165, 1.54) is 11.3 Å². The van der Waals surface area contributed by atoms with Crippen LogP contribution in [-0.2, 0) is 10.0 Å². The van der Waals surface area contributed by atoms with E-state index in [1.807, 2.05) is 20.8 Å². The van der Waals surface area contributed by atoms with Gasteiger partial charge in [-0.3, -0.25) is 9.52 Å². The SMILES string of the molecule is Cc1ccc(S(=O)(=O)Nc2ccccc2C(=O)NC(C)C)s1. The highest BCUT2D eigenvalue weighted by Gasteiger charge is 2.20. The molecule has 2 rings (SSSR count). The molecule has 7 heteroatoms. The number of nitrogens with one attached hydrogen (secondary N) is 2. The van der Waals surface area contributed by atoms with E-state index < -0.39 is 10.0 Å². The molecule has 0 aliphatic carbocycles. The summed E-state index contributed by atoms with van der Waals surface area (Å²) in [6, 6.07) is 9.82. The topological polar surface area (TPSA) is 75.3 Å². The fourth-order valence-electron chi connectivity index (χ4n) is 1.86. The Morgan fingerprint density at radius 3 is 2.41 bits per heavy atom. The zero-order valence-corrected chi connectivity index (χ0v) is 14.2. The molecular weight excluding hydrogens is 320 g/mol. The molecule has 22 heavy (non-hydrogen) atoms. The van der Waals surface area contributed by atoms with Crippen LogP contribution in [-0.4, -0.2) is 20.4 Å². The molecule has 118 valence electrons. The molecule has 0 aliphatic heterocycles. The van der Waals surface area contributed by atoms with Crippen molar-refractivity contribution >= 4 is 33.0 Å². The number of sulfonamides is 1. The molecule has 1 amide bonds. The van der Waals surface area contributed by atoms with E-state index >= 15 is 0 Å². The number of benzene rings is 1. The largest absolute Gasteiger partial charge is 0.350 e. The van der Waals surface area contributed by atoms with Crippen molar-refractivity contribution in [3.63, 3.8) is 0 Å². The second kappa shape index (κ2) is 6.50. The molecule has 0 atom stereocenters. The van der Waals surface area contributed by atoms with E-state index in [2.05, 4.69) is 10.0 Å². The third kappa shape index (κ3) is 3.86. The van der Waals surface area contributed by atoms with Crippen molar-refractivity contribution in [2.75, 3.05) is 4.72 Å². The van der Waals surface area contributed by atoms with Gasteiger partial charge in [-0.15, -0.1) is 11.3 Å². The highest BCUT2D eigenvalue weighted by atomic mass is 32.2. The molecule has 0 bridgehead atoms. The lowest BCUT2D eigenvalue weighted by Gasteiger charge is -2.13. The number of carbonyl (C=O) groups excluding carboxylic acids is 1. The Hall–Kier alpha value is -1.86. The first-order valence-electron chi connectivity index (χ1n) is 6.79. The molecule has 0 saturated carbocycles. The first-order chi connectivity index (χ1) is 10.3. The third-order valence-electron chi connectivity index (χ3n) is 2.82. The van der Waals surface area contributed by atoms with Gasteiger partial charge in [-0.2, -0.15) is 0 Å². The van der Waals surface area contributed by atoms with Gasteiger partial charge >= 0.3 is 0 Å². The predicted octanol–water partition coefficient (Wildman–Crippen LogP) is 3.00. The van der Waals surface area contributed by atoms with Crippen LogP contribution in [0.15, 0.2) is 40.6 Å². The van der Waals surface area contributed by atoms with E-state index in [4.69, 9.17) is 0 Å². The minimum atomic E-state index is -3.69. The first-order valence-corrected chi connectivity index (χ1v) is 9.09. The molecule has 2 aromatic rings. The van der Waals surface area contributed by atoms with Crippen LogP contribution < -0.4 is 10.0 Å². The van der Waals surface area contributed by atoms with Gasteiger partial charge in [-0.1, -0.05) is 12.1 Å². The number of para-hydroxylation sites is 1. The number of aryl methyl sites for hydroxylation is 1. The van der Waals surface area contributed by atoms with Crippen LogP contribution in [0.1, 0.15) is 29.1 Å². The van der Waals surface area contributed by atoms with E-state index in [1.54, 1.807) is 36.4 Å². The Labute approximate surface area is 134 Å². The van der Waals surface area contributed by atoms with Crippen LogP contribution in [0.5, 0.6) is 0 Å². The van der Waals surface area contributed by atoms with Gasteiger partial charge in [0.1, 0.15) is 4.21 Å². The number of thiophene rings is 1. The van der Waals surface area contributed by atoms with Gasteiger partial charge in [0.05, 0.1) is 11.3 Å². The summed E-state index contributed by atoms with van der Waals surface area (Å²) in [5.74, 6) is -0.310. The van der Waals surface area contributed by atoms with Gasteiger partial charge in [0.25, 0.3) is 15.9 Å². The lowest BCUT2D eigenvalue weighted by molar-refractivity contribution is 0.0944. The van der Waals surface area contributed by atoms with Crippen molar-refractivity contribution in [1.29, 1.82) is 0 Å². The van der Waals surface area contributed by atoms with Crippen molar-refractivity contribution in [1.82, 2.24) is 5.32 Å². The number of hydrogen-bond donors (Lipinski definition) is 2. The summed E-state index contributed by atoms with van der Waals surface area (Å²) < 4.78 is 27.5. The van der Waals surface area contributed by atoms with E-state index in [9.17, 15) is 13.2 Å². The zero-order chi connectivity index (χ0) is 16.3. The minimum Gasteiger partial charge on any atom is -0.350 e. The van der Waals surface area contributed by atoms with Crippen LogP contribution in [0.4, 0.5) is 5.69 Å².